The molecule has 6 rings (SSSR count). The molecule has 0 radical (unpaired) electrons. The van der Waals surface area contributed by atoms with Crippen molar-refractivity contribution in [2.45, 2.75) is 6.61 Å². The minimum atomic E-state index is -0.506. The number of aromatic nitrogens is 3. The number of anilines is 2. The minimum Gasteiger partial charge on any atom is -0.353 e. The van der Waals surface area contributed by atoms with Gasteiger partial charge in [-0.2, -0.15) is 0 Å². The standard InChI is InChI=1S/C25H22ClFN6O2S/c1-31-8-10-32(11-9-31)22-13-16-23(34)17(14-35-30-19-12-15(26)6-7-18(19)27)25-33(24(16)29-28-22)20-4-2-3-5-21(20)36-25/h2-7,12-13,30H,8-11,14H2,1H3. The highest BCUT2D eigenvalue weighted by Gasteiger charge is 2.21. The van der Waals surface area contributed by atoms with Gasteiger partial charge in [0.15, 0.2) is 16.9 Å². The van der Waals surface area contributed by atoms with E-state index in [9.17, 15) is 9.18 Å². The Labute approximate surface area is 214 Å². The Morgan fingerprint density at radius 1 is 1.11 bits per heavy atom. The maximum absolute atomic E-state index is 14.1. The van der Waals surface area contributed by atoms with Gasteiger partial charge in [-0.15, -0.1) is 21.5 Å². The number of piperazine rings is 1. The summed E-state index contributed by atoms with van der Waals surface area (Å²) in [5.41, 5.74) is 4.40. The highest BCUT2D eigenvalue weighted by molar-refractivity contribution is 7.24. The average Bonchev–Trinajstić information content (AvgIpc) is 3.27. The van der Waals surface area contributed by atoms with E-state index in [2.05, 4.69) is 32.5 Å². The summed E-state index contributed by atoms with van der Waals surface area (Å²) in [6.07, 6.45) is 0. The molecule has 184 valence electrons. The largest absolute Gasteiger partial charge is 0.353 e. The quantitative estimate of drug-likeness (QED) is 0.338. The van der Waals surface area contributed by atoms with E-state index in [1.807, 2.05) is 34.7 Å². The van der Waals surface area contributed by atoms with Crippen molar-refractivity contribution in [2.24, 2.45) is 0 Å². The van der Waals surface area contributed by atoms with Crippen molar-refractivity contribution in [2.75, 3.05) is 43.6 Å². The van der Waals surface area contributed by atoms with Crippen molar-refractivity contribution in [3.63, 3.8) is 0 Å². The Balaban J connectivity index is 1.46. The summed E-state index contributed by atoms with van der Waals surface area (Å²) in [5, 5.41) is 9.84. The maximum atomic E-state index is 14.1. The number of likely N-dealkylation sites (N-methyl/N-ethyl adjacent to an activating group) is 1. The molecule has 2 aromatic carbocycles. The van der Waals surface area contributed by atoms with E-state index in [0.29, 0.717) is 32.3 Å². The fourth-order valence-corrected chi connectivity index (χ4v) is 5.78. The van der Waals surface area contributed by atoms with Crippen LogP contribution < -0.4 is 15.8 Å². The van der Waals surface area contributed by atoms with Crippen molar-refractivity contribution < 1.29 is 9.23 Å². The van der Waals surface area contributed by atoms with E-state index in [1.54, 1.807) is 0 Å². The van der Waals surface area contributed by atoms with Crippen LogP contribution in [0.15, 0.2) is 53.3 Å². The lowest BCUT2D eigenvalue weighted by Gasteiger charge is -2.32. The first-order chi connectivity index (χ1) is 17.5. The number of nitrogens with one attached hydrogen (secondary N) is 1. The van der Waals surface area contributed by atoms with Gasteiger partial charge in [-0.3, -0.25) is 19.5 Å². The fourth-order valence-electron chi connectivity index (χ4n) is 4.44. The van der Waals surface area contributed by atoms with Crippen LogP contribution in [0.2, 0.25) is 5.02 Å². The molecule has 1 aliphatic rings. The molecular weight excluding hydrogens is 503 g/mol. The summed E-state index contributed by atoms with van der Waals surface area (Å²) < 4.78 is 17.1. The molecule has 3 aromatic heterocycles. The van der Waals surface area contributed by atoms with Crippen LogP contribution in [0.5, 0.6) is 0 Å². The topological polar surface area (TPSA) is 75.0 Å². The lowest BCUT2D eigenvalue weighted by molar-refractivity contribution is 0.179. The number of rotatable bonds is 5. The van der Waals surface area contributed by atoms with E-state index < -0.39 is 5.82 Å². The lowest BCUT2D eigenvalue weighted by atomic mass is 10.2. The molecule has 8 nitrogen and oxygen atoms in total. The molecule has 0 amide bonds. The second kappa shape index (κ2) is 9.29. The van der Waals surface area contributed by atoms with Crippen LogP contribution in [-0.4, -0.2) is 52.7 Å². The second-order valence-electron chi connectivity index (χ2n) is 8.76. The SMILES string of the molecule is CN1CCN(c2cc3c(=O)c(CONc4cc(Cl)ccc4F)c4sc5ccccc5n4c3nn2)CC1. The van der Waals surface area contributed by atoms with Crippen molar-refractivity contribution in [1.29, 1.82) is 0 Å². The Kier molecular flexibility index (Phi) is 5.96. The number of halogens is 2. The van der Waals surface area contributed by atoms with Gasteiger partial charge in [0, 0.05) is 31.2 Å². The molecule has 1 N–H and O–H groups in total. The summed E-state index contributed by atoms with van der Waals surface area (Å²) in [6, 6.07) is 13.8. The van der Waals surface area contributed by atoms with E-state index in [1.165, 1.54) is 29.5 Å². The Morgan fingerprint density at radius 3 is 2.75 bits per heavy atom. The van der Waals surface area contributed by atoms with Crippen molar-refractivity contribution >= 4 is 60.5 Å². The number of thiazole rings is 1. The Hall–Kier alpha value is -3.31. The smallest absolute Gasteiger partial charge is 0.198 e. The van der Waals surface area contributed by atoms with Crippen LogP contribution >= 0.6 is 22.9 Å². The molecule has 1 fully saturated rings. The van der Waals surface area contributed by atoms with Crippen molar-refractivity contribution in [3.05, 3.63) is 75.2 Å². The zero-order valence-corrected chi connectivity index (χ0v) is 20.9. The summed E-state index contributed by atoms with van der Waals surface area (Å²) in [6.45, 7) is 3.37. The van der Waals surface area contributed by atoms with Crippen LogP contribution in [0.25, 0.3) is 26.1 Å². The molecule has 1 aliphatic heterocycles. The highest BCUT2D eigenvalue weighted by atomic mass is 35.5. The average molecular weight is 525 g/mol. The van der Waals surface area contributed by atoms with Gasteiger partial charge >= 0.3 is 0 Å². The summed E-state index contributed by atoms with van der Waals surface area (Å²) in [7, 11) is 2.09. The first-order valence-electron chi connectivity index (χ1n) is 11.5. The third-order valence-electron chi connectivity index (χ3n) is 6.42. The number of fused-ring (bicyclic) bond motifs is 5. The third-order valence-corrected chi connectivity index (χ3v) is 7.84. The Bertz CT molecular complexity index is 1660. The summed E-state index contributed by atoms with van der Waals surface area (Å²) in [5.74, 6) is 0.173. The van der Waals surface area contributed by atoms with Crippen LogP contribution in [0.1, 0.15) is 5.56 Å². The van der Waals surface area contributed by atoms with E-state index in [0.717, 1.165) is 36.4 Å². The zero-order valence-electron chi connectivity index (χ0n) is 19.4. The predicted octanol–water partition coefficient (Wildman–Crippen LogP) is 4.55. The third kappa shape index (κ3) is 4.05. The molecule has 0 saturated carbocycles. The van der Waals surface area contributed by atoms with Gasteiger partial charge in [-0.05, 0) is 43.4 Å². The molecule has 0 atom stereocenters. The number of para-hydroxylation sites is 1. The maximum Gasteiger partial charge on any atom is 0.198 e. The van der Waals surface area contributed by atoms with E-state index in [-0.39, 0.29) is 17.7 Å². The fraction of sp³-hybridized carbons (Fsp3) is 0.240. The van der Waals surface area contributed by atoms with Crippen molar-refractivity contribution in [1.82, 2.24) is 19.5 Å². The molecule has 11 heteroatoms. The van der Waals surface area contributed by atoms with E-state index >= 15 is 0 Å². The number of benzene rings is 2. The molecule has 5 aromatic rings. The van der Waals surface area contributed by atoms with Crippen LogP contribution in [-0.2, 0) is 11.4 Å². The monoisotopic (exact) mass is 524 g/mol. The zero-order chi connectivity index (χ0) is 24.8. The molecule has 1 saturated heterocycles. The number of hydrogen-bond acceptors (Lipinski definition) is 8. The minimum absolute atomic E-state index is 0.0801. The van der Waals surface area contributed by atoms with Crippen LogP contribution in [0.3, 0.4) is 0 Å². The molecule has 0 unspecified atom stereocenters. The predicted molar refractivity (Wildman–Crippen MR) is 142 cm³/mol. The molecule has 0 bridgehead atoms. The molecule has 4 heterocycles. The lowest BCUT2D eigenvalue weighted by Crippen LogP contribution is -2.44. The van der Waals surface area contributed by atoms with Gasteiger partial charge in [0.05, 0.1) is 26.9 Å². The van der Waals surface area contributed by atoms with Crippen LogP contribution in [0.4, 0.5) is 15.9 Å². The van der Waals surface area contributed by atoms with Gasteiger partial charge in [0.1, 0.15) is 17.3 Å². The number of hydrogen-bond donors (Lipinski definition) is 1. The first kappa shape index (κ1) is 23.1. The Morgan fingerprint density at radius 2 is 1.92 bits per heavy atom. The highest BCUT2D eigenvalue weighted by Crippen LogP contribution is 2.31. The second-order valence-corrected chi connectivity index (χ2v) is 10.2. The first-order valence-corrected chi connectivity index (χ1v) is 12.7. The molecule has 0 spiro atoms. The van der Waals surface area contributed by atoms with Crippen LogP contribution in [0, 0.1) is 5.82 Å². The van der Waals surface area contributed by atoms with Crippen molar-refractivity contribution in [3.8, 4) is 0 Å². The van der Waals surface area contributed by atoms with Gasteiger partial charge in [0.25, 0.3) is 0 Å². The van der Waals surface area contributed by atoms with Gasteiger partial charge in [0.2, 0.25) is 0 Å². The number of pyridine rings is 1. The number of nitrogens with zero attached hydrogens (tertiary/aromatic N) is 5. The summed E-state index contributed by atoms with van der Waals surface area (Å²) in [4.78, 5) is 24.5. The van der Waals surface area contributed by atoms with Gasteiger partial charge < -0.3 is 9.80 Å². The van der Waals surface area contributed by atoms with E-state index in [4.69, 9.17) is 16.4 Å². The molecule has 36 heavy (non-hydrogen) atoms. The summed E-state index contributed by atoms with van der Waals surface area (Å²) >= 11 is 7.46. The van der Waals surface area contributed by atoms with Gasteiger partial charge in [-0.1, -0.05) is 23.7 Å². The van der Waals surface area contributed by atoms with Gasteiger partial charge in [-0.25, -0.2) is 4.39 Å². The molecule has 0 aliphatic carbocycles. The molecular formula is C25H22ClFN6O2S. The normalized spacial score (nSPS) is 14.8.